The molecular formula is C22H26N2O5S. The van der Waals surface area contributed by atoms with Crippen LogP contribution in [0.3, 0.4) is 0 Å². The van der Waals surface area contributed by atoms with Crippen LogP contribution in [0, 0.1) is 0 Å². The van der Waals surface area contributed by atoms with Gasteiger partial charge in [0.2, 0.25) is 15.9 Å². The standard InChI is InChI=1S/C22H26N2O5S/c25-22(16-18-5-8-20-21(15-18)29-14-13-28-20)23-10-9-17-3-6-19(7-4-17)30(26,27)24-11-1-2-12-24/h3-8,15H,1-2,9-14,16H2,(H,23,25). The molecule has 160 valence electrons. The number of carbonyl (C=O) groups excluding carboxylic acids is 1. The number of nitrogens with one attached hydrogen (secondary N) is 1. The average Bonchev–Trinajstić information content (AvgIpc) is 3.30. The first kappa shape index (κ1) is 20.7. The molecule has 2 aliphatic heterocycles. The highest BCUT2D eigenvalue weighted by Gasteiger charge is 2.26. The van der Waals surface area contributed by atoms with Crippen LogP contribution in [0.1, 0.15) is 24.0 Å². The van der Waals surface area contributed by atoms with Crippen molar-refractivity contribution in [3.8, 4) is 11.5 Å². The summed E-state index contributed by atoms with van der Waals surface area (Å²) >= 11 is 0. The molecule has 1 N–H and O–H groups in total. The van der Waals surface area contributed by atoms with Gasteiger partial charge in [0, 0.05) is 19.6 Å². The second-order valence-electron chi connectivity index (χ2n) is 7.51. The molecule has 0 unspecified atom stereocenters. The lowest BCUT2D eigenvalue weighted by atomic mass is 10.1. The zero-order valence-corrected chi connectivity index (χ0v) is 17.6. The quantitative estimate of drug-likeness (QED) is 0.728. The zero-order valence-electron chi connectivity index (χ0n) is 16.8. The van der Waals surface area contributed by atoms with Crippen LogP contribution in [-0.2, 0) is 27.7 Å². The number of benzene rings is 2. The Morgan fingerprint density at radius 1 is 0.933 bits per heavy atom. The highest BCUT2D eigenvalue weighted by Crippen LogP contribution is 2.30. The van der Waals surface area contributed by atoms with Crippen molar-refractivity contribution >= 4 is 15.9 Å². The van der Waals surface area contributed by atoms with Crippen molar-refractivity contribution in [3.05, 3.63) is 53.6 Å². The molecule has 0 spiro atoms. The summed E-state index contributed by atoms with van der Waals surface area (Å²) in [6.07, 6.45) is 2.74. The minimum absolute atomic E-state index is 0.0695. The summed E-state index contributed by atoms with van der Waals surface area (Å²) in [5.74, 6) is 1.32. The largest absolute Gasteiger partial charge is 0.486 e. The van der Waals surface area contributed by atoms with Gasteiger partial charge in [-0.3, -0.25) is 4.79 Å². The van der Waals surface area contributed by atoms with E-state index >= 15 is 0 Å². The summed E-state index contributed by atoms with van der Waals surface area (Å²) in [7, 11) is -3.39. The number of amides is 1. The molecule has 30 heavy (non-hydrogen) atoms. The zero-order chi connectivity index (χ0) is 21.0. The van der Waals surface area contributed by atoms with Gasteiger partial charge in [0.15, 0.2) is 11.5 Å². The topological polar surface area (TPSA) is 84.9 Å². The SMILES string of the molecule is O=C(Cc1ccc2c(c1)OCCO2)NCCc1ccc(S(=O)(=O)N2CCCC2)cc1. The molecule has 7 nitrogen and oxygen atoms in total. The first-order valence-corrected chi connectivity index (χ1v) is 11.7. The summed E-state index contributed by atoms with van der Waals surface area (Å²) in [6.45, 7) is 2.74. The molecule has 2 aliphatic rings. The molecule has 2 aromatic carbocycles. The Kier molecular flexibility index (Phi) is 6.24. The normalized spacial score (nSPS) is 16.4. The summed E-state index contributed by atoms with van der Waals surface area (Å²) in [5, 5.41) is 2.91. The van der Waals surface area contributed by atoms with E-state index in [0.29, 0.717) is 55.7 Å². The fraction of sp³-hybridized carbons (Fsp3) is 0.409. The Labute approximate surface area is 177 Å². The Hall–Kier alpha value is -2.58. The molecule has 0 aliphatic carbocycles. The van der Waals surface area contributed by atoms with Crippen LogP contribution in [0.5, 0.6) is 11.5 Å². The van der Waals surface area contributed by atoms with Gasteiger partial charge < -0.3 is 14.8 Å². The third kappa shape index (κ3) is 4.76. The number of rotatable bonds is 7. The lowest BCUT2D eigenvalue weighted by molar-refractivity contribution is -0.120. The average molecular weight is 431 g/mol. The van der Waals surface area contributed by atoms with Gasteiger partial charge in [-0.25, -0.2) is 8.42 Å². The molecule has 0 atom stereocenters. The van der Waals surface area contributed by atoms with E-state index in [1.807, 2.05) is 30.3 Å². The molecule has 2 heterocycles. The molecule has 1 fully saturated rings. The summed E-state index contributed by atoms with van der Waals surface area (Å²) in [5.41, 5.74) is 1.85. The van der Waals surface area contributed by atoms with E-state index in [1.54, 1.807) is 16.4 Å². The molecule has 1 amide bonds. The van der Waals surface area contributed by atoms with Crippen LogP contribution in [0.15, 0.2) is 47.4 Å². The van der Waals surface area contributed by atoms with Crippen LogP contribution in [-0.4, -0.2) is 51.5 Å². The van der Waals surface area contributed by atoms with E-state index in [4.69, 9.17) is 9.47 Å². The van der Waals surface area contributed by atoms with E-state index in [2.05, 4.69) is 5.32 Å². The minimum Gasteiger partial charge on any atom is -0.486 e. The van der Waals surface area contributed by atoms with E-state index < -0.39 is 10.0 Å². The molecule has 0 bridgehead atoms. The molecule has 0 saturated carbocycles. The van der Waals surface area contributed by atoms with Gasteiger partial charge >= 0.3 is 0 Å². The maximum absolute atomic E-state index is 12.6. The summed E-state index contributed by atoms with van der Waals surface area (Å²) < 4.78 is 37.7. The van der Waals surface area contributed by atoms with Gasteiger partial charge in [0.05, 0.1) is 11.3 Å². The predicted molar refractivity (Wildman–Crippen MR) is 112 cm³/mol. The van der Waals surface area contributed by atoms with Crippen molar-refractivity contribution in [1.82, 2.24) is 9.62 Å². The van der Waals surface area contributed by atoms with Crippen molar-refractivity contribution in [1.29, 1.82) is 0 Å². The molecular weight excluding hydrogens is 404 g/mol. The Morgan fingerprint density at radius 3 is 2.33 bits per heavy atom. The number of ether oxygens (including phenoxy) is 2. The van der Waals surface area contributed by atoms with Crippen molar-refractivity contribution in [2.45, 2.75) is 30.6 Å². The lowest BCUT2D eigenvalue weighted by Crippen LogP contribution is -2.28. The maximum Gasteiger partial charge on any atom is 0.243 e. The fourth-order valence-corrected chi connectivity index (χ4v) is 5.21. The van der Waals surface area contributed by atoms with Gasteiger partial charge in [0.1, 0.15) is 13.2 Å². The van der Waals surface area contributed by atoms with Crippen LogP contribution in [0.4, 0.5) is 0 Å². The fourth-order valence-electron chi connectivity index (χ4n) is 3.70. The van der Waals surface area contributed by atoms with Gasteiger partial charge in [-0.05, 0) is 54.7 Å². The number of hydrogen-bond acceptors (Lipinski definition) is 5. The highest BCUT2D eigenvalue weighted by molar-refractivity contribution is 7.89. The molecule has 4 rings (SSSR count). The summed E-state index contributed by atoms with van der Waals surface area (Å²) in [6, 6.07) is 12.5. The third-order valence-corrected chi connectivity index (χ3v) is 7.25. The first-order chi connectivity index (χ1) is 14.5. The van der Waals surface area contributed by atoms with Crippen LogP contribution in [0.2, 0.25) is 0 Å². The van der Waals surface area contributed by atoms with Gasteiger partial charge in [-0.2, -0.15) is 4.31 Å². The number of carbonyl (C=O) groups is 1. The van der Waals surface area contributed by atoms with Crippen molar-refractivity contribution in [2.24, 2.45) is 0 Å². The molecule has 0 radical (unpaired) electrons. The van der Waals surface area contributed by atoms with Crippen molar-refractivity contribution in [2.75, 3.05) is 32.8 Å². The molecule has 1 saturated heterocycles. The Balaban J connectivity index is 1.26. The lowest BCUT2D eigenvalue weighted by Gasteiger charge is -2.18. The Morgan fingerprint density at radius 2 is 1.60 bits per heavy atom. The van der Waals surface area contributed by atoms with Gasteiger partial charge in [-0.15, -0.1) is 0 Å². The van der Waals surface area contributed by atoms with Crippen LogP contribution < -0.4 is 14.8 Å². The first-order valence-electron chi connectivity index (χ1n) is 10.3. The highest BCUT2D eigenvalue weighted by atomic mass is 32.2. The van der Waals surface area contributed by atoms with E-state index in [1.165, 1.54) is 0 Å². The molecule has 0 aromatic heterocycles. The smallest absolute Gasteiger partial charge is 0.243 e. The Bertz CT molecular complexity index is 999. The van der Waals surface area contributed by atoms with Crippen molar-refractivity contribution in [3.63, 3.8) is 0 Å². The minimum atomic E-state index is -3.39. The monoisotopic (exact) mass is 430 g/mol. The third-order valence-electron chi connectivity index (χ3n) is 5.33. The van der Waals surface area contributed by atoms with Crippen LogP contribution >= 0.6 is 0 Å². The number of hydrogen-bond donors (Lipinski definition) is 1. The molecule has 8 heteroatoms. The van der Waals surface area contributed by atoms with E-state index in [0.717, 1.165) is 24.0 Å². The van der Waals surface area contributed by atoms with E-state index in [9.17, 15) is 13.2 Å². The van der Waals surface area contributed by atoms with Gasteiger partial charge in [-0.1, -0.05) is 18.2 Å². The second kappa shape index (κ2) is 9.06. The van der Waals surface area contributed by atoms with Crippen molar-refractivity contribution < 1.29 is 22.7 Å². The van der Waals surface area contributed by atoms with E-state index in [-0.39, 0.29) is 12.3 Å². The van der Waals surface area contributed by atoms with Crippen LogP contribution in [0.25, 0.3) is 0 Å². The summed E-state index contributed by atoms with van der Waals surface area (Å²) in [4.78, 5) is 12.6. The number of nitrogens with zero attached hydrogens (tertiary/aromatic N) is 1. The predicted octanol–water partition coefficient (Wildman–Crippen LogP) is 2.14. The number of fused-ring (bicyclic) bond motifs is 1. The molecule has 2 aromatic rings. The second-order valence-corrected chi connectivity index (χ2v) is 9.45. The number of sulfonamides is 1. The maximum atomic E-state index is 12.6. The van der Waals surface area contributed by atoms with Gasteiger partial charge in [0.25, 0.3) is 0 Å².